The number of carbonyl (C=O) groups excluding carboxylic acids is 1. The van der Waals surface area contributed by atoms with Crippen LogP contribution in [0.3, 0.4) is 0 Å². The molecule has 0 aliphatic carbocycles. The molecule has 1 aromatic heterocycles. The monoisotopic (exact) mass is 413 g/mol. The van der Waals surface area contributed by atoms with E-state index in [-0.39, 0.29) is 16.9 Å². The van der Waals surface area contributed by atoms with Gasteiger partial charge in [0.15, 0.2) is 0 Å². The number of aromatic nitrogens is 2. The SMILES string of the molecule is C[C@H]1COc2cc(-c3noc(C(F)(F)F)n3)cc(F)c2CN1C(=O)C(F)(F)F. The summed E-state index contributed by atoms with van der Waals surface area (Å²) < 4.78 is 99.8. The first-order valence-electron chi connectivity index (χ1n) is 7.62. The van der Waals surface area contributed by atoms with Crippen molar-refractivity contribution in [1.82, 2.24) is 15.0 Å². The number of hydrogen-bond acceptors (Lipinski definition) is 5. The number of hydrogen-bond donors (Lipinski definition) is 0. The Morgan fingerprint density at radius 2 is 1.89 bits per heavy atom. The van der Waals surface area contributed by atoms with Crippen LogP contribution < -0.4 is 4.74 Å². The van der Waals surface area contributed by atoms with E-state index in [1.807, 2.05) is 0 Å². The molecule has 0 radical (unpaired) electrons. The highest BCUT2D eigenvalue weighted by Gasteiger charge is 2.45. The van der Waals surface area contributed by atoms with Crippen LogP contribution in [0.5, 0.6) is 5.75 Å². The summed E-state index contributed by atoms with van der Waals surface area (Å²) in [6.07, 6.45) is -10.1. The predicted molar refractivity (Wildman–Crippen MR) is 76.3 cm³/mol. The standard InChI is InChI=1S/C15H10F7N3O3/c1-6-5-27-10-3-7(11-23-12(28-24-11)14(17,18)19)2-9(16)8(10)4-25(6)13(26)15(20,21)22/h2-3,6H,4-5H2,1H3/t6-/m0/s1. The Labute approximate surface area is 151 Å². The first-order valence-corrected chi connectivity index (χ1v) is 7.62. The topological polar surface area (TPSA) is 68.5 Å². The zero-order valence-electron chi connectivity index (χ0n) is 13.9. The predicted octanol–water partition coefficient (Wildman–Crippen LogP) is 3.57. The number of halogens is 7. The summed E-state index contributed by atoms with van der Waals surface area (Å²) >= 11 is 0. The maximum atomic E-state index is 14.5. The molecule has 0 saturated carbocycles. The maximum absolute atomic E-state index is 14.5. The van der Waals surface area contributed by atoms with Crippen LogP contribution in [0.1, 0.15) is 18.4 Å². The van der Waals surface area contributed by atoms with E-state index >= 15 is 0 Å². The van der Waals surface area contributed by atoms with Crippen molar-refractivity contribution in [3.8, 4) is 17.1 Å². The third kappa shape index (κ3) is 3.73. The van der Waals surface area contributed by atoms with Gasteiger partial charge in [-0.3, -0.25) is 4.79 Å². The van der Waals surface area contributed by atoms with Gasteiger partial charge in [0, 0.05) is 11.1 Å². The van der Waals surface area contributed by atoms with E-state index < -0.39 is 55.0 Å². The Morgan fingerprint density at radius 1 is 1.21 bits per heavy atom. The van der Waals surface area contributed by atoms with Crippen molar-refractivity contribution in [3.63, 3.8) is 0 Å². The fraction of sp³-hybridized carbons (Fsp3) is 0.400. The Morgan fingerprint density at radius 3 is 2.46 bits per heavy atom. The lowest BCUT2D eigenvalue weighted by Gasteiger charge is -2.27. The lowest BCUT2D eigenvalue weighted by molar-refractivity contribution is -0.188. The van der Waals surface area contributed by atoms with Crippen molar-refractivity contribution < 1.29 is 44.8 Å². The van der Waals surface area contributed by atoms with Gasteiger partial charge in [-0.25, -0.2) is 4.39 Å². The van der Waals surface area contributed by atoms with E-state index in [4.69, 9.17) is 4.74 Å². The van der Waals surface area contributed by atoms with Crippen molar-refractivity contribution >= 4 is 5.91 Å². The molecule has 1 atom stereocenters. The summed E-state index contributed by atoms with van der Waals surface area (Å²) in [7, 11) is 0. The molecule has 1 amide bonds. The second-order valence-corrected chi connectivity index (χ2v) is 5.95. The molecule has 3 rings (SSSR count). The van der Waals surface area contributed by atoms with Crippen molar-refractivity contribution in [2.24, 2.45) is 0 Å². The number of fused-ring (bicyclic) bond motifs is 1. The van der Waals surface area contributed by atoms with Gasteiger partial charge >= 0.3 is 24.2 Å². The molecule has 0 N–H and O–H groups in total. The zero-order valence-corrected chi connectivity index (χ0v) is 13.9. The van der Waals surface area contributed by atoms with Crippen LogP contribution in [-0.2, 0) is 17.5 Å². The van der Waals surface area contributed by atoms with Gasteiger partial charge < -0.3 is 14.2 Å². The molecule has 0 bridgehead atoms. The van der Waals surface area contributed by atoms with Gasteiger partial charge in [0.25, 0.3) is 0 Å². The summed E-state index contributed by atoms with van der Waals surface area (Å²) in [4.78, 5) is 15.1. The normalized spacial score (nSPS) is 17.7. The van der Waals surface area contributed by atoms with Crippen LogP contribution in [0.15, 0.2) is 16.7 Å². The lowest BCUT2D eigenvalue weighted by Crippen LogP contribution is -2.46. The number of benzene rings is 1. The Balaban J connectivity index is 1.98. The summed E-state index contributed by atoms with van der Waals surface area (Å²) in [6, 6.07) is 0.753. The fourth-order valence-electron chi connectivity index (χ4n) is 2.54. The van der Waals surface area contributed by atoms with Crippen LogP contribution in [-0.4, -0.2) is 39.8 Å². The highest BCUT2D eigenvalue weighted by Crippen LogP contribution is 2.35. The van der Waals surface area contributed by atoms with Gasteiger partial charge in [-0.2, -0.15) is 31.3 Å². The third-order valence-corrected chi connectivity index (χ3v) is 3.93. The second kappa shape index (κ2) is 6.63. The van der Waals surface area contributed by atoms with Gasteiger partial charge in [-0.1, -0.05) is 5.16 Å². The van der Waals surface area contributed by atoms with Crippen LogP contribution in [0.25, 0.3) is 11.4 Å². The number of alkyl halides is 6. The molecular formula is C15H10F7N3O3. The summed E-state index contributed by atoms with van der Waals surface area (Å²) in [5.41, 5.74) is -0.594. The first kappa shape index (κ1) is 19.9. The van der Waals surface area contributed by atoms with Gasteiger partial charge in [-0.15, -0.1) is 0 Å². The lowest BCUT2D eigenvalue weighted by atomic mass is 10.1. The second-order valence-electron chi connectivity index (χ2n) is 5.95. The van der Waals surface area contributed by atoms with Crippen molar-refractivity contribution in [2.45, 2.75) is 31.9 Å². The van der Waals surface area contributed by atoms with Crippen molar-refractivity contribution in [2.75, 3.05) is 6.61 Å². The smallest absolute Gasteiger partial charge is 0.471 e. The van der Waals surface area contributed by atoms with E-state index in [1.165, 1.54) is 6.92 Å². The quantitative estimate of drug-likeness (QED) is 0.669. The van der Waals surface area contributed by atoms with Gasteiger partial charge in [0.1, 0.15) is 18.2 Å². The molecule has 13 heteroatoms. The third-order valence-electron chi connectivity index (χ3n) is 3.93. The highest BCUT2D eigenvalue weighted by molar-refractivity contribution is 5.82. The molecule has 1 aliphatic heterocycles. The number of amides is 1. The Bertz CT molecular complexity index is 907. The Kier molecular flexibility index (Phi) is 4.71. The van der Waals surface area contributed by atoms with Gasteiger partial charge in [-0.05, 0) is 19.1 Å². The van der Waals surface area contributed by atoms with Crippen LogP contribution in [0.4, 0.5) is 30.7 Å². The first-order chi connectivity index (χ1) is 12.9. The molecule has 2 aromatic rings. The van der Waals surface area contributed by atoms with E-state index in [1.54, 1.807) is 0 Å². The van der Waals surface area contributed by atoms with Crippen LogP contribution in [0, 0.1) is 5.82 Å². The number of ether oxygens (including phenoxy) is 1. The molecule has 0 saturated heterocycles. The summed E-state index contributed by atoms with van der Waals surface area (Å²) in [6.45, 7) is 0.155. The highest BCUT2D eigenvalue weighted by atomic mass is 19.4. The molecule has 28 heavy (non-hydrogen) atoms. The molecular weight excluding hydrogens is 403 g/mol. The van der Waals surface area contributed by atoms with E-state index in [9.17, 15) is 35.5 Å². The fourth-order valence-corrected chi connectivity index (χ4v) is 2.54. The maximum Gasteiger partial charge on any atom is 0.471 e. The van der Waals surface area contributed by atoms with Crippen molar-refractivity contribution in [1.29, 1.82) is 0 Å². The summed E-state index contributed by atoms with van der Waals surface area (Å²) in [5, 5.41) is 3.12. The van der Waals surface area contributed by atoms with E-state index in [2.05, 4.69) is 14.7 Å². The molecule has 0 fully saturated rings. The Hall–Kier alpha value is -2.86. The van der Waals surface area contributed by atoms with Gasteiger partial charge in [0.2, 0.25) is 5.82 Å². The van der Waals surface area contributed by atoms with Crippen LogP contribution in [0.2, 0.25) is 0 Å². The molecule has 6 nitrogen and oxygen atoms in total. The van der Waals surface area contributed by atoms with Crippen LogP contribution >= 0.6 is 0 Å². The number of nitrogens with zero attached hydrogens (tertiary/aromatic N) is 3. The number of carbonyl (C=O) groups is 1. The average molecular weight is 413 g/mol. The minimum atomic E-state index is -5.16. The zero-order chi connectivity index (χ0) is 20.9. The molecule has 1 aliphatic rings. The van der Waals surface area contributed by atoms with Gasteiger partial charge in [0.05, 0.1) is 12.6 Å². The van der Waals surface area contributed by atoms with Crippen molar-refractivity contribution in [3.05, 3.63) is 29.4 Å². The minimum Gasteiger partial charge on any atom is -0.491 e. The minimum absolute atomic E-state index is 0.237. The number of rotatable bonds is 1. The summed E-state index contributed by atoms with van der Waals surface area (Å²) in [5.74, 6) is -5.72. The molecule has 1 aromatic carbocycles. The van der Waals surface area contributed by atoms with E-state index in [0.29, 0.717) is 4.90 Å². The van der Waals surface area contributed by atoms with E-state index in [0.717, 1.165) is 12.1 Å². The average Bonchev–Trinajstić information content (AvgIpc) is 3.01. The molecule has 0 unspecified atom stereocenters. The molecule has 0 spiro atoms. The largest absolute Gasteiger partial charge is 0.491 e. The molecule has 152 valence electrons. The molecule has 2 heterocycles.